The quantitative estimate of drug-likeness (QED) is 0.336. The van der Waals surface area contributed by atoms with Crippen molar-refractivity contribution < 1.29 is 4.79 Å². The first kappa shape index (κ1) is 13.5. The molecule has 0 aliphatic carbocycles. The van der Waals surface area contributed by atoms with E-state index in [1.54, 1.807) is 0 Å². The number of carbonyl (C=O) groups excluding carboxylic acids is 1. The van der Waals surface area contributed by atoms with E-state index >= 15 is 0 Å². The van der Waals surface area contributed by atoms with Gasteiger partial charge in [-0.1, -0.05) is 32.6 Å². The molecule has 0 spiro atoms. The van der Waals surface area contributed by atoms with Crippen LogP contribution in [-0.4, -0.2) is 44.0 Å². The Balaban J connectivity index is 0. The molecule has 0 atom stereocenters. The normalized spacial score (nSPS) is 8.50. The van der Waals surface area contributed by atoms with Gasteiger partial charge in [0, 0.05) is 6.42 Å². The van der Waals surface area contributed by atoms with Gasteiger partial charge in [0.15, 0.2) is 0 Å². The van der Waals surface area contributed by atoms with E-state index in [0.717, 1.165) is 19.1 Å². The minimum atomic E-state index is 0. The molecule has 0 aliphatic rings. The summed E-state index contributed by atoms with van der Waals surface area (Å²) in [6, 6.07) is 0. The van der Waals surface area contributed by atoms with E-state index in [-0.39, 0.29) is 37.7 Å². The predicted octanol–water partition coefficient (Wildman–Crippen LogP) is 1.63. The molecule has 1 nitrogen and oxygen atoms in total. The topological polar surface area (TPSA) is 17.1 Å². The monoisotopic (exact) mass is 170 g/mol. The molecule has 0 fully saturated rings. The molecule has 0 heterocycles. The summed E-state index contributed by atoms with van der Waals surface area (Å²) in [6.07, 6.45) is 7.97. The zero-order chi connectivity index (χ0) is 6.95. The molecule has 0 rings (SSSR count). The molecular weight excluding hydrogens is 152 g/mol. The van der Waals surface area contributed by atoms with E-state index in [0.29, 0.717) is 0 Å². The molecule has 0 aromatic carbocycles. The molecule has 0 aromatic rings. The number of carbonyl (C=O) groups is 1. The van der Waals surface area contributed by atoms with Gasteiger partial charge in [0.2, 0.25) is 0 Å². The Hall–Kier alpha value is 0.930. The molecular formula is C8H18CaO. The van der Waals surface area contributed by atoms with Crippen LogP contribution in [0.2, 0.25) is 0 Å². The molecule has 0 saturated heterocycles. The molecule has 0 saturated carbocycles. The van der Waals surface area contributed by atoms with Crippen molar-refractivity contribution in [3.8, 4) is 0 Å². The van der Waals surface area contributed by atoms with Crippen molar-refractivity contribution in [2.75, 3.05) is 0 Å². The van der Waals surface area contributed by atoms with Gasteiger partial charge in [-0.25, -0.2) is 0 Å². The molecule has 0 unspecified atom stereocenters. The van der Waals surface area contributed by atoms with Crippen LogP contribution in [0.5, 0.6) is 0 Å². The second-order valence-corrected chi connectivity index (χ2v) is 2.37. The Morgan fingerprint density at radius 2 is 1.70 bits per heavy atom. The molecule has 0 aromatic heterocycles. The number of rotatable bonds is 6. The summed E-state index contributed by atoms with van der Waals surface area (Å²) < 4.78 is 0. The van der Waals surface area contributed by atoms with Crippen LogP contribution in [0.4, 0.5) is 0 Å². The minimum absolute atomic E-state index is 0. The van der Waals surface area contributed by atoms with Crippen LogP contribution in [0.1, 0.15) is 45.4 Å². The van der Waals surface area contributed by atoms with E-state index < -0.39 is 0 Å². The predicted molar refractivity (Wildman–Crippen MR) is 48.0 cm³/mol. The third-order valence-corrected chi connectivity index (χ3v) is 1.43. The summed E-state index contributed by atoms with van der Waals surface area (Å²) >= 11 is 0. The van der Waals surface area contributed by atoms with E-state index in [1.807, 2.05) is 0 Å². The maximum absolute atomic E-state index is 9.84. The number of hydrogen-bond acceptors (Lipinski definition) is 1. The van der Waals surface area contributed by atoms with Crippen LogP contribution in [-0.2, 0) is 4.79 Å². The van der Waals surface area contributed by atoms with Gasteiger partial charge < -0.3 is 4.79 Å². The maximum atomic E-state index is 9.84. The number of hydrogen-bond donors (Lipinski definition) is 0. The van der Waals surface area contributed by atoms with Crippen LogP contribution >= 0.6 is 0 Å². The summed E-state index contributed by atoms with van der Waals surface area (Å²) in [5.41, 5.74) is 0. The Labute approximate surface area is 93.6 Å². The fourth-order valence-corrected chi connectivity index (χ4v) is 0.831. The zero-order valence-corrected chi connectivity index (χ0v) is 6.23. The van der Waals surface area contributed by atoms with Crippen molar-refractivity contribution in [3.05, 3.63) is 0 Å². The average molecular weight is 170 g/mol. The Kier molecular flexibility index (Phi) is 17.0. The second kappa shape index (κ2) is 12.6. The van der Waals surface area contributed by atoms with E-state index in [2.05, 4.69) is 6.92 Å². The van der Waals surface area contributed by atoms with Crippen molar-refractivity contribution in [1.82, 2.24) is 0 Å². The molecule has 0 aliphatic heterocycles. The van der Waals surface area contributed by atoms with Crippen LogP contribution in [0.15, 0.2) is 0 Å². The van der Waals surface area contributed by atoms with Crippen LogP contribution in [0, 0.1) is 0 Å². The third kappa shape index (κ3) is 11.7. The van der Waals surface area contributed by atoms with Crippen LogP contribution in [0.3, 0.4) is 0 Å². The van der Waals surface area contributed by atoms with Gasteiger partial charge in [-0.15, -0.1) is 0 Å². The van der Waals surface area contributed by atoms with Gasteiger partial charge in [0.05, 0.1) is 0 Å². The first-order chi connectivity index (χ1) is 4.41. The molecule has 10 heavy (non-hydrogen) atoms. The molecule has 0 bridgehead atoms. The standard InChI is InChI=1S/C8H16O.Ca.2H/c1-2-3-4-5-6-7-8-9;;;/h8H,2-7H2,1H3;;;. The molecule has 0 amide bonds. The molecule has 0 N–H and O–H groups in total. The van der Waals surface area contributed by atoms with Gasteiger partial charge in [-0.3, -0.25) is 0 Å². The first-order valence-corrected chi connectivity index (χ1v) is 3.85. The summed E-state index contributed by atoms with van der Waals surface area (Å²) in [5.74, 6) is 0. The van der Waals surface area contributed by atoms with Crippen LogP contribution < -0.4 is 0 Å². The Bertz CT molecular complexity index is 64.3. The Morgan fingerprint density at radius 3 is 2.20 bits per heavy atom. The summed E-state index contributed by atoms with van der Waals surface area (Å²) in [4.78, 5) is 9.84. The van der Waals surface area contributed by atoms with E-state index in [4.69, 9.17) is 0 Å². The van der Waals surface area contributed by atoms with Gasteiger partial charge in [-0.05, 0) is 6.42 Å². The van der Waals surface area contributed by atoms with Gasteiger partial charge in [0.25, 0.3) is 0 Å². The van der Waals surface area contributed by atoms with Gasteiger partial charge >= 0.3 is 37.7 Å². The van der Waals surface area contributed by atoms with Crippen molar-refractivity contribution >= 4 is 44.0 Å². The zero-order valence-electron chi connectivity index (χ0n) is 6.23. The third-order valence-electron chi connectivity index (χ3n) is 1.43. The first-order valence-electron chi connectivity index (χ1n) is 3.85. The van der Waals surface area contributed by atoms with Gasteiger partial charge in [0.1, 0.15) is 6.29 Å². The molecule has 2 heteroatoms. The van der Waals surface area contributed by atoms with Crippen molar-refractivity contribution in [2.45, 2.75) is 45.4 Å². The molecule has 0 radical (unpaired) electrons. The van der Waals surface area contributed by atoms with Crippen molar-refractivity contribution in [1.29, 1.82) is 0 Å². The number of aldehydes is 1. The van der Waals surface area contributed by atoms with Gasteiger partial charge in [-0.2, -0.15) is 0 Å². The van der Waals surface area contributed by atoms with Crippen molar-refractivity contribution in [3.63, 3.8) is 0 Å². The Morgan fingerprint density at radius 1 is 1.10 bits per heavy atom. The SMILES string of the molecule is CCCCCCCC=O.[CaH2]. The second-order valence-electron chi connectivity index (χ2n) is 2.37. The number of unbranched alkanes of at least 4 members (excludes halogenated alkanes) is 5. The fourth-order valence-electron chi connectivity index (χ4n) is 0.831. The summed E-state index contributed by atoms with van der Waals surface area (Å²) in [7, 11) is 0. The van der Waals surface area contributed by atoms with Crippen molar-refractivity contribution in [2.24, 2.45) is 0 Å². The molecule has 58 valence electrons. The average Bonchev–Trinajstić information content (AvgIpc) is 1.89. The summed E-state index contributed by atoms with van der Waals surface area (Å²) in [5, 5.41) is 0. The van der Waals surface area contributed by atoms with E-state index in [9.17, 15) is 4.79 Å². The fraction of sp³-hybridized carbons (Fsp3) is 0.875. The summed E-state index contributed by atoms with van der Waals surface area (Å²) in [6.45, 7) is 2.19. The van der Waals surface area contributed by atoms with E-state index in [1.165, 1.54) is 25.7 Å². The van der Waals surface area contributed by atoms with Crippen LogP contribution in [0.25, 0.3) is 0 Å².